The van der Waals surface area contributed by atoms with Gasteiger partial charge >= 0.3 is 0 Å². The van der Waals surface area contributed by atoms with Gasteiger partial charge in [-0.15, -0.1) is 11.8 Å². The van der Waals surface area contributed by atoms with Crippen LogP contribution in [0.5, 0.6) is 0 Å². The van der Waals surface area contributed by atoms with Gasteiger partial charge in [-0.1, -0.05) is 13.8 Å². The average molecular weight is 228 g/mol. The number of nitrogens with zero attached hydrogens (tertiary/aromatic N) is 2. The highest BCUT2D eigenvalue weighted by Crippen LogP contribution is 2.20. The Balaban J connectivity index is 2.90. The van der Waals surface area contributed by atoms with Crippen molar-refractivity contribution < 1.29 is 5.11 Å². The Kier molecular flexibility index (Phi) is 4.80. The zero-order valence-electron chi connectivity index (χ0n) is 8.90. The van der Waals surface area contributed by atoms with Crippen LogP contribution in [0.1, 0.15) is 25.6 Å². The molecular formula is C9H16N4OS. The van der Waals surface area contributed by atoms with Crippen molar-refractivity contribution >= 4 is 17.6 Å². The van der Waals surface area contributed by atoms with Crippen LogP contribution in [-0.4, -0.2) is 27.4 Å². The quantitative estimate of drug-likeness (QED) is 0.301. The summed E-state index contributed by atoms with van der Waals surface area (Å²) in [4.78, 5) is 8.60. The molecule has 1 aromatic heterocycles. The van der Waals surface area contributed by atoms with E-state index >= 15 is 0 Å². The molecule has 0 saturated heterocycles. The highest BCUT2D eigenvalue weighted by Gasteiger charge is 2.07. The third-order valence-electron chi connectivity index (χ3n) is 1.73. The first kappa shape index (κ1) is 12.2. The zero-order chi connectivity index (χ0) is 11.3. The fraction of sp³-hybridized carbons (Fsp3) is 0.556. The van der Waals surface area contributed by atoms with Crippen LogP contribution in [0.15, 0.2) is 11.1 Å². The molecule has 84 valence electrons. The van der Waals surface area contributed by atoms with Crippen LogP contribution in [0.3, 0.4) is 0 Å². The van der Waals surface area contributed by atoms with Gasteiger partial charge in [0, 0.05) is 17.7 Å². The highest BCUT2D eigenvalue weighted by molar-refractivity contribution is 7.99. The van der Waals surface area contributed by atoms with Crippen LogP contribution in [0.25, 0.3) is 0 Å². The van der Waals surface area contributed by atoms with Crippen molar-refractivity contribution in [1.82, 2.24) is 9.97 Å². The maximum Gasteiger partial charge on any atom is 0.144 e. The molecule has 0 atom stereocenters. The van der Waals surface area contributed by atoms with Gasteiger partial charge in [0.25, 0.3) is 0 Å². The van der Waals surface area contributed by atoms with Crippen molar-refractivity contribution in [1.29, 1.82) is 0 Å². The van der Waals surface area contributed by atoms with Crippen molar-refractivity contribution in [3.05, 3.63) is 11.9 Å². The molecule has 0 aliphatic heterocycles. The van der Waals surface area contributed by atoms with Crippen LogP contribution in [0.2, 0.25) is 0 Å². The van der Waals surface area contributed by atoms with Crippen molar-refractivity contribution in [3.63, 3.8) is 0 Å². The lowest BCUT2D eigenvalue weighted by Gasteiger charge is -2.08. The summed E-state index contributed by atoms with van der Waals surface area (Å²) >= 11 is 1.48. The number of anilines is 1. The molecule has 0 spiro atoms. The summed E-state index contributed by atoms with van der Waals surface area (Å²) in [6.07, 6.45) is 0. The van der Waals surface area contributed by atoms with Gasteiger partial charge in [0.1, 0.15) is 16.7 Å². The summed E-state index contributed by atoms with van der Waals surface area (Å²) in [5, 5.41) is 9.56. The minimum absolute atomic E-state index is 0.136. The molecule has 1 heterocycles. The Bertz CT molecular complexity index is 319. The Morgan fingerprint density at radius 3 is 2.80 bits per heavy atom. The number of hydrogen-bond donors (Lipinski definition) is 3. The van der Waals surface area contributed by atoms with Crippen molar-refractivity contribution in [2.45, 2.75) is 24.8 Å². The van der Waals surface area contributed by atoms with Crippen LogP contribution >= 0.6 is 11.8 Å². The van der Waals surface area contributed by atoms with Gasteiger partial charge in [-0.05, 0) is 0 Å². The summed E-state index contributed by atoms with van der Waals surface area (Å²) in [6.45, 7) is 4.18. The Morgan fingerprint density at radius 1 is 1.53 bits per heavy atom. The number of aliphatic hydroxyl groups excluding tert-OH is 1. The van der Waals surface area contributed by atoms with Crippen LogP contribution in [0, 0.1) is 0 Å². The number of thioether (sulfide) groups is 1. The minimum atomic E-state index is 0.136. The fourth-order valence-electron chi connectivity index (χ4n) is 0.999. The highest BCUT2D eigenvalue weighted by atomic mass is 32.2. The lowest BCUT2D eigenvalue weighted by atomic mass is 10.2. The smallest absolute Gasteiger partial charge is 0.144 e. The molecule has 0 unspecified atom stereocenters. The largest absolute Gasteiger partial charge is 0.396 e. The first-order valence-corrected chi connectivity index (χ1v) is 5.75. The first-order valence-electron chi connectivity index (χ1n) is 4.76. The summed E-state index contributed by atoms with van der Waals surface area (Å²) in [6, 6.07) is 1.77. The molecular weight excluding hydrogens is 212 g/mol. The van der Waals surface area contributed by atoms with E-state index in [0.29, 0.717) is 11.6 Å². The topological polar surface area (TPSA) is 84.1 Å². The summed E-state index contributed by atoms with van der Waals surface area (Å²) < 4.78 is 0. The number of aliphatic hydroxyl groups is 1. The number of nitrogens with two attached hydrogens (primary N) is 1. The van der Waals surface area contributed by atoms with Crippen molar-refractivity contribution in [3.8, 4) is 0 Å². The van der Waals surface area contributed by atoms with Gasteiger partial charge in [-0.3, -0.25) is 0 Å². The van der Waals surface area contributed by atoms with Crippen molar-refractivity contribution in [2.75, 3.05) is 17.8 Å². The van der Waals surface area contributed by atoms with Crippen LogP contribution < -0.4 is 11.3 Å². The average Bonchev–Trinajstić information content (AvgIpc) is 2.25. The maximum absolute atomic E-state index is 8.73. The summed E-state index contributed by atoms with van der Waals surface area (Å²) in [5.74, 6) is 7.56. The van der Waals surface area contributed by atoms with E-state index in [0.717, 1.165) is 10.9 Å². The normalized spacial score (nSPS) is 10.7. The summed E-state index contributed by atoms with van der Waals surface area (Å²) in [5.41, 5.74) is 2.51. The SMILES string of the molecule is CC(C)c1nc(NN)cc(SCCO)n1. The number of nitrogen functional groups attached to an aromatic ring is 1. The predicted octanol–water partition coefficient (Wildman–Crippen LogP) is 0.970. The Morgan fingerprint density at radius 2 is 2.27 bits per heavy atom. The number of aromatic nitrogens is 2. The zero-order valence-corrected chi connectivity index (χ0v) is 9.71. The van der Waals surface area contributed by atoms with Gasteiger partial charge in [-0.2, -0.15) is 0 Å². The third-order valence-corrected chi connectivity index (χ3v) is 2.62. The number of rotatable bonds is 5. The maximum atomic E-state index is 8.73. The monoisotopic (exact) mass is 228 g/mol. The molecule has 5 nitrogen and oxygen atoms in total. The molecule has 0 radical (unpaired) electrons. The van der Waals surface area contributed by atoms with Gasteiger partial charge < -0.3 is 10.5 Å². The van der Waals surface area contributed by atoms with E-state index in [4.69, 9.17) is 10.9 Å². The van der Waals surface area contributed by atoms with E-state index in [1.54, 1.807) is 6.07 Å². The van der Waals surface area contributed by atoms with E-state index in [1.807, 2.05) is 13.8 Å². The van der Waals surface area contributed by atoms with Gasteiger partial charge in [0.05, 0.1) is 6.61 Å². The van der Waals surface area contributed by atoms with E-state index < -0.39 is 0 Å². The number of nitrogens with one attached hydrogen (secondary N) is 1. The van der Waals surface area contributed by atoms with Crippen molar-refractivity contribution in [2.24, 2.45) is 5.84 Å². The molecule has 0 aliphatic rings. The molecule has 6 heteroatoms. The molecule has 1 rings (SSSR count). The van der Waals surface area contributed by atoms with Crippen LogP contribution in [0.4, 0.5) is 5.82 Å². The second kappa shape index (κ2) is 5.89. The third kappa shape index (κ3) is 3.65. The number of hydrazine groups is 1. The second-order valence-corrected chi connectivity index (χ2v) is 4.44. The molecule has 0 aliphatic carbocycles. The fourth-order valence-corrected chi connectivity index (χ4v) is 1.65. The first-order chi connectivity index (χ1) is 7.17. The predicted molar refractivity (Wildman–Crippen MR) is 61.7 cm³/mol. The summed E-state index contributed by atoms with van der Waals surface area (Å²) in [7, 11) is 0. The molecule has 0 aromatic carbocycles. The minimum Gasteiger partial charge on any atom is -0.396 e. The molecule has 15 heavy (non-hydrogen) atoms. The standard InChI is InChI=1S/C9H16N4OS/c1-6(2)9-11-7(13-10)5-8(12-9)15-4-3-14/h5-6,14H,3-4,10H2,1-2H3,(H,11,12,13). The van der Waals surface area contributed by atoms with Gasteiger partial charge in [0.15, 0.2) is 0 Å². The van der Waals surface area contributed by atoms with Gasteiger partial charge in [0.2, 0.25) is 0 Å². The van der Waals surface area contributed by atoms with E-state index in [1.165, 1.54) is 11.8 Å². The van der Waals surface area contributed by atoms with E-state index in [-0.39, 0.29) is 12.5 Å². The lowest BCUT2D eigenvalue weighted by Crippen LogP contribution is -2.11. The molecule has 0 fully saturated rings. The molecule has 1 aromatic rings. The van der Waals surface area contributed by atoms with Crippen LogP contribution in [-0.2, 0) is 0 Å². The van der Waals surface area contributed by atoms with Gasteiger partial charge in [-0.25, -0.2) is 15.8 Å². The molecule has 0 bridgehead atoms. The number of hydrogen-bond acceptors (Lipinski definition) is 6. The Hall–Kier alpha value is -0.850. The van der Waals surface area contributed by atoms with E-state index in [9.17, 15) is 0 Å². The second-order valence-electron chi connectivity index (χ2n) is 3.32. The van der Waals surface area contributed by atoms with E-state index in [2.05, 4.69) is 15.4 Å². The molecule has 0 amide bonds. The lowest BCUT2D eigenvalue weighted by molar-refractivity contribution is 0.322. The molecule has 0 saturated carbocycles. The Labute approximate surface area is 93.5 Å². The molecule has 4 N–H and O–H groups in total.